The predicted octanol–water partition coefficient (Wildman–Crippen LogP) is 4.93. The minimum atomic E-state index is -0.940. The van der Waals surface area contributed by atoms with Gasteiger partial charge in [-0.1, -0.05) is 36.4 Å². The van der Waals surface area contributed by atoms with Crippen molar-refractivity contribution in [3.63, 3.8) is 0 Å². The number of anilines is 1. The summed E-state index contributed by atoms with van der Waals surface area (Å²) in [6, 6.07) is 23.7. The van der Waals surface area contributed by atoms with E-state index in [4.69, 9.17) is 9.68 Å². The van der Waals surface area contributed by atoms with Crippen molar-refractivity contribution in [3.05, 3.63) is 108 Å². The van der Waals surface area contributed by atoms with Gasteiger partial charge in [0.05, 0.1) is 23.5 Å². The number of aliphatic hydroxyl groups excluding tert-OH is 1. The number of ketones is 1. The molecule has 0 spiro atoms. The SMILES string of the molecule is N#Cc1ccc(N2C(=O)C(=O)/C(=C(\O)c3ccc4ccccc4c3)C2c2ccco2)cc1. The van der Waals surface area contributed by atoms with Crippen LogP contribution in [0.5, 0.6) is 0 Å². The summed E-state index contributed by atoms with van der Waals surface area (Å²) in [6.07, 6.45) is 1.45. The van der Waals surface area contributed by atoms with Crippen molar-refractivity contribution < 1.29 is 19.1 Å². The van der Waals surface area contributed by atoms with Gasteiger partial charge in [0.1, 0.15) is 17.6 Å². The van der Waals surface area contributed by atoms with E-state index in [2.05, 4.69) is 0 Å². The number of hydrogen-bond acceptors (Lipinski definition) is 5. The van der Waals surface area contributed by atoms with Gasteiger partial charge >= 0.3 is 0 Å². The molecule has 154 valence electrons. The van der Waals surface area contributed by atoms with Crippen LogP contribution in [-0.4, -0.2) is 16.8 Å². The number of aliphatic hydroxyl groups is 1. The fourth-order valence-corrected chi connectivity index (χ4v) is 4.00. The average molecular weight is 420 g/mol. The van der Waals surface area contributed by atoms with Crippen LogP contribution in [0, 0.1) is 11.3 Å². The maximum absolute atomic E-state index is 13.1. The van der Waals surface area contributed by atoms with E-state index in [9.17, 15) is 14.7 Å². The molecule has 1 saturated heterocycles. The zero-order chi connectivity index (χ0) is 22.2. The summed E-state index contributed by atoms with van der Waals surface area (Å²) < 4.78 is 5.55. The van der Waals surface area contributed by atoms with Gasteiger partial charge < -0.3 is 9.52 Å². The Hall–Kier alpha value is -4.63. The minimum absolute atomic E-state index is 0.0513. The van der Waals surface area contributed by atoms with Crippen molar-refractivity contribution in [1.29, 1.82) is 5.26 Å². The maximum Gasteiger partial charge on any atom is 0.300 e. The van der Waals surface area contributed by atoms with Gasteiger partial charge in [-0.15, -0.1) is 0 Å². The molecule has 32 heavy (non-hydrogen) atoms. The summed E-state index contributed by atoms with van der Waals surface area (Å²) in [5.41, 5.74) is 1.23. The standard InChI is InChI=1S/C26H16N2O4/c27-15-16-7-11-20(12-8-16)28-23(21-6-3-13-32-21)22(25(30)26(28)31)24(29)19-10-9-17-4-1-2-5-18(17)14-19/h1-14,23,29H/b24-22-. The molecule has 1 amide bonds. The maximum atomic E-state index is 13.1. The molecule has 0 aliphatic carbocycles. The number of amides is 1. The molecule has 4 aromatic rings. The number of nitrogens with zero attached hydrogens (tertiary/aromatic N) is 2. The Bertz CT molecular complexity index is 1430. The Morgan fingerprint density at radius 3 is 2.38 bits per heavy atom. The summed E-state index contributed by atoms with van der Waals surface area (Å²) in [7, 11) is 0. The Balaban J connectivity index is 1.69. The van der Waals surface area contributed by atoms with Crippen LogP contribution < -0.4 is 4.90 Å². The van der Waals surface area contributed by atoms with Gasteiger partial charge in [-0.2, -0.15) is 5.26 Å². The van der Waals surface area contributed by atoms with Crippen LogP contribution in [0.2, 0.25) is 0 Å². The molecule has 1 unspecified atom stereocenters. The van der Waals surface area contributed by atoms with Gasteiger partial charge in [0, 0.05) is 11.3 Å². The van der Waals surface area contributed by atoms with Gasteiger partial charge in [-0.25, -0.2) is 0 Å². The van der Waals surface area contributed by atoms with E-state index >= 15 is 0 Å². The second kappa shape index (κ2) is 7.56. The van der Waals surface area contributed by atoms with E-state index < -0.39 is 17.7 Å². The van der Waals surface area contributed by atoms with E-state index in [0.29, 0.717) is 22.6 Å². The predicted molar refractivity (Wildman–Crippen MR) is 119 cm³/mol. The lowest BCUT2D eigenvalue weighted by atomic mass is 9.97. The van der Waals surface area contributed by atoms with E-state index in [1.165, 1.54) is 11.2 Å². The van der Waals surface area contributed by atoms with E-state index in [-0.39, 0.29) is 11.3 Å². The largest absolute Gasteiger partial charge is 0.507 e. The lowest BCUT2D eigenvalue weighted by Crippen LogP contribution is -2.29. The van der Waals surface area contributed by atoms with Crippen molar-refractivity contribution in [3.8, 4) is 6.07 Å². The molecule has 6 nitrogen and oxygen atoms in total. The van der Waals surface area contributed by atoms with E-state index in [1.54, 1.807) is 48.5 Å². The average Bonchev–Trinajstić information content (AvgIpc) is 3.45. The molecule has 1 aliphatic heterocycles. The third-order valence-electron chi connectivity index (χ3n) is 5.55. The topological polar surface area (TPSA) is 94.5 Å². The summed E-state index contributed by atoms with van der Waals surface area (Å²) in [4.78, 5) is 27.4. The third kappa shape index (κ3) is 3.04. The molecule has 3 aromatic carbocycles. The molecule has 1 fully saturated rings. The zero-order valence-electron chi connectivity index (χ0n) is 16.7. The first-order valence-corrected chi connectivity index (χ1v) is 9.92. The number of carbonyl (C=O) groups is 2. The van der Waals surface area contributed by atoms with Crippen molar-refractivity contribution in [2.75, 3.05) is 4.90 Å². The number of fused-ring (bicyclic) bond motifs is 1. The van der Waals surface area contributed by atoms with Crippen molar-refractivity contribution >= 4 is 33.9 Å². The van der Waals surface area contributed by atoms with Gasteiger partial charge in [-0.05, 0) is 53.2 Å². The summed E-state index contributed by atoms with van der Waals surface area (Å²) in [5.74, 6) is -1.51. The molecule has 0 bridgehead atoms. The molecule has 0 radical (unpaired) electrons. The highest BCUT2D eigenvalue weighted by Crippen LogP contribution is 2.42. The number of hydrogen-bond donors (Lipinski definition) is 1. The van der Waals surface area contributed by atoms with Crippen molar-refractivity contribution in [1.82, 2.24) is 0 Å². The smallest absolute Gasteiger partial charge is 0.300 e. The first-order valence-electron chi connectivity index (χ1n) is 9.92. The summed E-state index contributed by atoms with van der Waals surface area (Å²) in [5, 5.41) is 22.1. The molecular formula is C26H16N2O4. The molecule has 1 aliphatic rings. The van der Waals surface area contributed by atoms with Crippen LogP contribution in [0.25, 0.3) is 16.5 Å². The highest BCUT2D eigenvalue weighted by molar-refractivity contribution is 6.51. The van der Waals surface area contributed by atoms with E-state index in [0.717, 1.165) is 10.8 Å². The fraction of sp³-hybridized carbons (Fsp3) is 0.0385. The van der Waals surface area contributed by atoms with Gasteiger partial charge in [-0.3, -0.25) is 14.5 Å². The molecule has 6 heteroatoms. The van der Waals surface area contributed by atoms with Crippen molar-refractivity contribution in [2.24, 2.45) is 0 Å². The highest BCUT2D eigenvalue weighted by Gasteiger charge is 2.48. The number of carbonyl (C=O) groups excluding carboxylic acids is 2. The number of furan rings is 1. The van der Waals surface area contributed by atoms with Crippen LogP contribution >= 0.6 is 0 Å². The summed E-state index contributed by atoms with van der Waals surface area (Å²) in [6.45, 7) is 0. The lowest BCUT2D eigenvalue weighted by Gasteiger charge is -2.23. The van der Waals surface area contributed by atoms with Crippen LogP contribution in [0.1, 0.15) is 22.9 Å². The first-order chi connectivity index (χ1) is 15.6. The Morgan fingerprint density at radius 1 is 0.938 bits per heavy atom. The molecule has 1 atom stereocenters. The number of benzene rings is 3. The summed E-state index contributed by atoms with van der Waals surface area (Å²) >= 11 is 0. The van der Waals surface area contributed by atoms with Gasteiger partial charge in [0.15, 0.2) is 0 Å². The first kappa shape index (κ1) is 19.3. The minimum Gasteiger partial charge on any atom is -0.507 e. The third-order valence-corrected chi connectivity index (χ3v) is 5.55. The second-order valence-electron chi connectivity index (χ2n) is 7.41. The molecule has 5 rings (SSSR count). The second-order valence-corrected chi connectivity index (χ2v) is 7.41. The Morgan fingerprint density at radius 2 is 1.69 bits per heavy atom. The Labute approximate surface area is 183 Å². The Kier molecular flexibility index (Phi) is 4.57. The molecule has 2 heterocycles. The van der Waals surface area contributed by atoms with Gasteiger partial charge in [0.25, 0.3) is 11.7 Å². The number of Topliss-reactive ketones (excluding diaryl/α,β-unsaturated/α-hetero) is 1. The number of rotatable bonds is 3. The van der Waals surface area contributed by atoms with Crippen LogP contribution in [0.15, 0.2) is 95.1 Å². The molecule has 0 saturated carbocycles. The quantitative estimate of drug-likeness (QED) is 0.288. The van der Waals surface area contributed by atoms with Crippen LogP contribution in [-0.2, 0) is 9.59 Å². The van der Waals surface area contributed by atoms with Gasteiger partial charge in [0.2, 0.25) is 0 Å². The number of nitriles is 1. The van der Waals surface area contributed by atoms with Crippen LogP contribution in [0.3, 0.4) is 0 Å². The zero-order valence-corrected chi connectivity index (χ0v) is 16.7. The monoisotopic (exact) mass is 420 g/mol. The molecule has 1 aromatic heterocycles. The fourth-order valence-electron chi connectivity index (χ4n) is 4.00. The molecule has 1 N–H and O–H groups in total. The van der Waals surface area contributed by atoms with Crippen LogP contribution in [0.4, 0.5) is 5.69 Å². The normalized spacial score (nSPS) is 17.6. The van der Waals surface area contributed by atoms with Crippen molar-refractivity contribution in [2.45, 2.75) is 6.04 Å². The van der Waals surface area contributed by atoms with E-state index in [1.807, 2.05) is 36.4 Å². The highest BCUT2D eigenvalue weighted by atomic mass is 16.3. The molecular weight excluding hydrogens is 404 g/mol. The lowest BCUT2D eigenvalue weighted by molar-refractivity contribution is -0.132.